The van der Waals surface area contributed by atoms with Crippen molar-refractivity contribution in [2.24, 2.45) is 0 Å². The molecule has 1 atom stereocenters. The second kappa shape index (κ2) is 3.74. The second-order valence-electron chi connectivity index (χ2n) is 3.32. The number of alkyl halides is 3. The largest absolute Gasteiger partial charge is 0.402 e. The van der Waals surface area contributed by atoms with Crippen LogP contribution in [0.3, 0.4) is 0 Å². The van der Waals surface area contributed by atoms with Gasteiger partial charge in [-0.15, -0.1) is 0 Å². The van der Waals surface area contributed by atoms with Crippen molar-refractivity contribution in [1.29, 1.82) is 0 Å². The summed E-state index contributed by atoms with van der Waals surface area (Å²) in [6.45, 7) is 3.60. The van der Waals surface area contributed by atoms with Gasteiger partial charge in [0.25, 0.3) is 0 Å². The van der Waals surface area contributed by atoms with Crippen molar-refractivity contribution in [1.82, 2.24) is 4.72 Å². The number of hydrogen-bond donors (Lipinski definition) is 1. The van der Waals surface area contributed by atoms with Gasteiger partial charge in [0, 0.05) is 0 Å². The molecule has 0 radical (unpaired) electrons. The lowest BCUT2D eigenvalue weighted by Crippen LogP contribution is -2.38. The van der Waals surface area contributed by atoms with Gasteiger partial charge in [-0.1, -0.05) is 0 Å². The van der Waals surface area contributed by atoms with E-state index in [4.69, 9.17) is 0 Å². The minimum atomic E-state index is -4.30. The number of halogens is 3. The third-order valence-electron chi connectivity index (χ3n) is 0.960. The molecule has 0 amide bonds. The van der Waals surface area contributed by atoms with Crippen LogP contribution < -0.4 is 4.72 Å². The molecule has 12 heavy (non-hydrogen) atoms. The smallest absolute Gasteiger partial charge is 0.242 e. The van der Waals surface area contributed by atoms with Crippen molar-refractivity contribution >= 4 is 11.0 Å². The highest BCUT2D eigenvalue weighted by Gasteiger charge is 2.30. The summed E-state index contributed by atoms with van der Waals surface area (Å²) in [6, 6.07) is 0. The van der Waals surface area contributed by atoms with Gasteiger partial charge in [-0.2, -0.15) is 13.2 Å². The summed E-state index contributed by atoms with van der Waals surface area (Å²) in [7, 11) is -1.65. The first-order valence-corrected chi connectivity index (χ1v) is 4.50. The summed E-state index contributed by atoms with van der Waals surface area (Å²) in [5.74, 6) is 0. The van der Waals surface area contributed by atoms with Crippen LogP contribution in [0.4, 0.5) is 13.2 Å². The predicted molar refractivity (Wildman–Crippen MR) is 42.0 cm³/mol. The minimum absolute atomic E-state index is 0.661. The fourth-order valence-electron chi connectivity index (χ4n) is 0.364. The summed E-state index contributed by atoms with van der Waals surface area (Å²) in [5.41, 5.74) is 0. The topological polar surface area (TPSA) is 29.1 Å². The van der Waals surface area contributed by atoms with Gasteiger partial charge in [0.2, 0.25) is 0 Å². The summed E-state index contributed by atoms with van der Waals surface area (Å²) in [4.78, 5) is 0. The van der Waals surface area contributed by atoms with Gasteiger partial charge in [-0.3, -0.25) is 0 Å². The monoisotopic (exact) mass is 203 g/mol. The maximum absolute atomic E-state index is 11.6. The van der Waals surface area contributed by atoms with Crippen LogP contribution in [-0.4, -0.2) is 21.7 Å². The van der Waals surface area contributed by atoms with Crippen LogP contribution in [0.2, 0.25) is 0 Å². The van der Waals surface area contributed by atoms with E-state index < -0.39 is 28.5 Å². The highest BCUT2D eigenvalue weighted by atomic mass is 32.2. The predicted octanol–water partition coefficient (Wildman–Crippen LogP) is 1.60. The fourth-order valence-corrected chi connectivity index (χ4v) is 1.09. The molecular weight excluding hydrogens is 191 g/mol. The van der Waals surface area contributed by atoms with E-state index in [9.17, 15) is 17.4 Å². The minimum Gasteiger partial charge on any atom is -0.242 e. The van der Waals surface area contributed by atoms with E-state index >= 15 is 0 Å². The van der Waals surface area contributed by atoms with E-state index in [1.165, 1.54) is 0 Å². The number of nitrogens with one attached hydrogen (secondary N) is 1. The van der Waals surface area contributed by atoms with Crippen molar-refractivity contribution in [2.45, 2.75) is 31.7 Å². The molecule has 74 valence electrons. The first-order valence-electron chi connectivity index (χ1n) is 3.35. The zero-order valence-corrected chi connectivity index (χ0v) is 7.97. The molecule has 2 nitrogen and oxygen atoms in total. The SMILES string of the molecule is CC(C)(C)[S@@](=O)NCC(F)(F)F. The van der Waals surface area contributed by atoms with Crippen molar-refractivity contribution in [2.75, 3.05) is 6.54 Å². The Morgan fingerprint density at radius 3 is 1.92 bits per heavy atom. The van der Waals surface area contributed by atoms with Gasteiger partial charge in [-0.25, -0.2) is 8.93 Å². The zero-order valence-electron chi connectivity index (χ0n) is 7.16. The summed E-state index contributed by atoms with van der Waals surface area (Å²) >= 11 is 0. The molecule has 1 N–H and O–H groups in total. The van der Waals surface area contributed by atoms with Crippen LogP contribution >= 0.6 is 0 Å². The maximum Gasteiger partial charge on any atom is 0.402 e. The van der Waals surface area contributed by atoms with Crippen molar-refractivity contribution in [3.63, 3.8) is 0 Å². The van der Waals surface area contributed by atoms with Crippen LogP contribution in [0, 0.1) is 0 Å². The molecule has 0 fully saturated rings. The molecule has 0 aromatic carbocycles. The summed E-state index contributed by atoms with van der Waals surface area (Å²) < 4.78 is 47.1. The molecule has 0 bridgehead atoms. The highest BCUT2D eigenvalue weighted by molar-refractivity contribution is 7.84. The fraction of sp³-hybridized carbons (Fsp3) is 1.00. The van der Waals surface area contributed by atoms with Crippen molar-refractivity contribution < 1.29 is 17.4 Å². The molecular formula is C6H12F3NOS. The van der Waals surface area contributed by atoms with Crippen LogP contribution in [0.5, 0.6) is 0 Å². The first-order chi connectivity index (χ1) is 5.13. The molecule has 0 heterocycles. The van der Waals surface area contributed by atoms with Gasteiger partial charge in [-0.05, 0) is 20.8 Å². The van der Waals surface area contributed by atoms with Gasteiger partial charge in [0.15, 0.2) is 0 Å². The molecule has 0 saturated heterocycles. The molecule has 0 rings (SSSR count). The van der Waals surface area contributed by atoms with E-state index in [1.807, 2.05) is 4.72 Å². The third-order valence-corrected chi connectivity index (χ3v) is 2.48. The van der Waals surface area contributed by atoms with Gasteiger partial charge < -0.3 is 0 Å². The Bertz CT molecular complexity index is 173. The van der Waals surface area contributed by atoms with Crippen LogP contribution in [0.1, 0.15) is 20.8 Å². The summed E-state index contributed by atoms with van der Waals surface area (Å²) in [6.07, 6.45) is -4.30. The lowest BCUT2D eigenvalue weighted by atomic mass is 10.3. The van der Waals surface area contributed by atoms with E-state index in [0.717, 1.165) is 0 Å². The average Bonchev–Trinajstić information content (AvgIpc) is 1.78. The molecule has 0 aromatic heterocycles. The Hall–Kier alpha value is -0.100. The van der Waals surface area contributed by atoms with Gasteiger partial charge >= 0.3 is 6.18 Å². The first kappa shape index (κ1) is 11.9. The van der Waals surface area contributed by atoms with Gasteiger partial charge in [0.05, 0.1) is 15.7 Å². The Labute approximate surface area is 72.1 Å². The maximum atomic E-state index is 11.6. The molecule has 6 heteroatoms. The molecule has 0 aromatic rings. The number of hydrogen-bond acceptors (Lipinski definition) is 1. The zero-order chi connectivity index (χ0) is 9.99. The quantitative estimate of drug-likeness (QED) is 0.725. The molecule has 0 unspecified atom stereocenters. The molecule has 0 aliphatic rings. The van der Waals surface area contributed by atoms with Crippen LogP contribution in [0.25, 0.3) is 0 Å². The summed E-state index contributed by atoms with van der Waals surface area (Å²) in [5, 5.41) is 0. The Morgan fingerprint density at radius 1 is 1.25 bits per heavy atom. The molecule has 0 aliphatic heterocycles. The normalized spacial score (nSPS) is 16.2. The third kappa shape index (κ3) is 5.54. The second-order valence-corrected chi connectivity index (χ2v) is 5.37. The lowest BCUT2D eigenvalue weighted by Gasteiger charge is -2.18. The van der Waals surface area contributed by atoms with Crippen molar-refractivity contribution in [3.8, 4) is 0 Å². The standard InChI is InChI=1S/C6H12F3NOS/c1-5(2,3)12(11)10-4-6(7,8)9/h10H,4H2,1-3H3/t12-/m1/s1. The van der Waals surface area contributed by atoms with E-state index in [0.29, 0.717) is 0 Å². The molecule has 0 spiro atoms. The van der Waals surface area contributed by atoms with E-state index in [2.05, 4.69) is 0 Å². The van der Waals surface area contributed by atoms with Crippen molar-refractivity contribution in [3.05, 3.63) is 0 Å². The molecule has 0 aliphatic carbocycles. The number of rotatable bonds is 2. The Kier molecular flexibility index (Phi) is 3.71. The molecule has 0 saturated carbocycles. The van der Waals surface area contributed by atoms with Crippen LogP contribution in [-0.2, 0) is 11.0 Å². The van der Waals surface area contributed by atoms with Crippen LogP contribution in [0.15, 0.2) is 0 Å². The van der Waals surface area contributed by atoms with E-state index in [-0.39, 0.29) is 0 Å². The van der Waals surface area contributed by atoms with Gasteiger partial charge in [0.1, 0.15) is 6.54 Å². The Morgan fingerprint density at radius 2 is 1.67 bits per heavy atom. The van der Waals surface area contributed by atoms with E-state index in [1.54, 1.807) is 20.8 Å². The lowest BCUT2D eigenvalue weighted by molar-refractivity contribution is -0.121. The highest BCUT2D eigenvalue weighted by Crippen LogP contribution is 2.14. The Balaban J connectivity index is 3.90. The average molecular weight is 203 g/mol.